The van der Waals surface area contributed by atoms with Crippen molar-refractivity contribution in [1.29, 1.82) is 5.41 Å². The van der Waals surface area contributed by atoms with Gasteiger partial charge in [0.2, 0.25) is 94.5 Å². The molecule has 5 heterocycles. The molecule has 3 saturated heterocycles. The summed E-state index contributed by atoms with van der Waals surface area (Å²) in [5.74, 6) is -18.2. The predicted octanol–water partition coefficient (Wildman–Crippen LogP) is -2.31. The van der Waals surface area contributed by atoms with Gasteiger partial charge in [0.1, 0.15) is 90.3 Å². The Morgan fingerprint density at radius 3 is 1.58 bits per heavy atom. The van der Waals surface area contributed by atoms with Gasteiger partial charge in [0, 0.05) is 107 Å². The van der Waals surface area contributed by atoms with Crippen LogP contribution in [0.15, 0.2) is 85.2 Å². The number of aromatic amines is 2. The average Bonchev–Trinajstić information content (AvgIpc) is 1.56. The van der Waals surface area contributed by atoms with Crippen molar-refractivity contribution in [3.8, 4) is 5.75 Å². The summed E-state index contributed by atoms with van der Waals surface area (Å²) in [5.41, 5.74) is 20.0. The van der Waals surface area contributed by atoms with Crippen molar-refractivity contribution in [2.75, 3.05) is 72.0 Å². The Balaban J connectivity index is 1.18. The van der Waals surface area contributed by atoms with E-state index in [1.54, 1.807) is 74.8 Å². The number of aromatic nitrogens is 2. The van der Waals surface area contributed by atoms with Crippen LogP contribution in [0.5, 0.6) is 5.75 Å². The molecule has 3 fully saturated rings. The number of primary amides is 1. The maximum atomic E-state index is 15.7. The molecular weight excluding hydrogens is 1720 g/mol. The fraction of sp³-hybridized carbons (Fsp3) is 0.545. The molecule has 23 N–H and O–H groups in total. The first kappa shape index (κ1) is 103. The maximum absolute atomic E-state index is 15.7. The number of hydrogen-bond donors (Lipinski definition) is 20. The number of carboxylic acid groups (broad SMARTS) is 1. The first-order chi connectivity index (χ1) is 62.4. The van der Waals surface area contributed by atoms with E-state index in [9.17, 15) is 63.3 Å². The molecule has 0 aliphatic carbocycles. The Hall–Kier alpha value is -12.9. The van der Waals surface area contributed by atoms with Crippen molar-refractivity contribution in [3.63, 3.8) is 0 Å². The maximum Gasteiger partial charge on any atom is 0.305 e. The third-order valence-corrected chi connectivity index (χ3v) is 24.6. The minimum atomic E-state index is -1.88. The molecule has 0 spiro atoms. The van der Waals surface area contributed by atoms with E-state index in [0.717, 1.165) is 31.4 Å². The van der Waals surface area contributed by atoms with E-state index in [4.69, 9.17) is 22.6 Å². The van der Waals surface area contributed by atoms with Gasteiger partial charge in [0.25, 0.3) is 0 Å². The Bertz CT molecular complexity index is 4910. The zero-order valence-corrected chi connectivity index (χ0v) is 75.9. The second-order valence-electron chi connectivity index (χ2n) is 33.7. The zero-order chi connectivity index (χ0) is 96.0. The number of nitrogens with zero attached hydrogens (tertiary/aromatic N) is 5. The number of phenols is 1. The Labute approximate surface area is 762 Å². The van der Waals surface area contributed by atoms with Crippen LogP contribution in [-0.4, -0.2) is 313 Å². The van der Waals surface area contributed by atoms with Crippen molar-refractivity contribution >= 4 is 140 Å². The molecule has 14 atom stereocenters. The van der Waals surface area contributed by atoms with Crippen LogP contribution in [0.2, 0.25) is 0 Å². The van der Waals surface area contributed by atoms with E-state index in [0.29, 0.717) is 64.2 Å². The van der Waals surface area contributed by atoms with Crippen molar-refractivity contribution in [2.45, 2.75) is 228 Å². The molecule has 0 radical (unpaired) electrons. The molecule has 3 aliphatic rings. The molecule has 131 heavy (non-hydrogen) atoms. The summed E-state index contributed by atoms with van der Waals surface area (Å²) in [6.07, 6.45) is 3.37. The number of guanidine groups is 1. The fourth-order valence-corrected chi connectivity index (χ4v) is 17.0. The van der Waals surface area contributed by atoms with Gasteiger partial charge in [-0.15, -0.1) is 11.8 Å². The molecule has 0 bridgehead atoms. The number of amides is 16. The van der Waals surface area contributed by atoms with Crippen molar-refractivity contribution in [2.24, 2.45) is 23.1 Å². The lowest BCUT2D eigenvalue weighted by Crippen LogP contribution is -2.62. The summed E-state index contributed by atoms with van der Waals surface area (Å²) in [4.78, 5) is 260. The van der Waals surface area contributed by atoms with Crippen LogP contribution >= 0.6 is 11.8 Å². The van der Waals surface area contributed by atoms with Crippen molar-refractivity contribution < 1.29 is 96.8 Å². The fourth-order valence-electron chi connectivity index (χ4n) is 16.2. The number of likely N-dealkylation sites (N-methyl/N-ethyl adjacent to an activating group) is 3. The number of aliphatic carboxylic acids is 1. The second-order valence-corrected chi connectivity index (χ2v) is 34.7. The Morgan fingerprint density at radius 2 is 1.02 bits per heavy atom. The number of unbranched alkanes of at least 4 members (excludes halogenated alkanes) is 2. The second kappa shape index (κ2) is 49.7. The highest BCUT2D eigenvalue weighted by molar-refractivity contribution is 8.00. The SMILES string of the molecule is CCCC[C@H]1C(=O)N(C)[C@@H](CCCC)C(=O)N[C@@H](CCCNC(=N)N)C(=O)N[C@H](C(=O)NCC(N)=O)CSCC(=O)N[C@@H](Cc2ccc(O)cc2)C(=O)N(C)[C@@H](C)C(=O)N[C@@H](CC(=O)O)C(=O)N2CCC[C@H]2C(=O)N[C@@H](CN)C(=O)N[C@@H](CC(C)C)C(=O)N2CCC[C@H]2C(=O)N[C@@H](Cc2c[nH]c3ccccc23)C(=O)N[C@@H](CO)C(=O)N[C@@H](Cc2c[nH]c3ccccc23)C(=O)N1C. The van der Waals surface area contributed by atoms with Crippen LogP contribution in [0.25, 0.3) is 21.8 Å². The normalized spacial score (nSPS) is 24.6. The van der Waals surface area contributed by atoms with Crippen LogP contribution in [0.4, 0.5) is 0 Å². The number of carbonyl (C=O) groups excluding carboxylic acids is 16. The standard InChI is InChI=1S/C88H126N22O20S/c1-9-11-25-67-80(123)98-58(24-17-33-93-88(91)92)76(119)105-66(75(118)96-44-71(90)113)46-131-47-72(114)97-61(37-50-29-31-53(112)32-30-50)83(126)106(6)49(5)74(117)100-63(40-73(115)116)86(129)110-35-19-28-69(110)82(125)103-64(41-89)78(121)101-60(36-48(3)4)85(128)109-34-18-27-68(109)81(124)99-59(38-51-42-94-56-22-15-13-20-54(51)56)77(120)104-65(45-111)79(122)102-62(39-52-43-95-57-23-16-14-21-55(52)57)84(127)108(8)70(26-12-10-2)87(130)107(67)7/h13-16,20-23,29-32,42-43,48-49,58-70,94-95,111-112H,9-12,17-19,24-28,33-41,44-47,89H2,1-8H3,(H2,90,113)(H,96,118)(H,97,114)(H,98,123)(H,99,124)(H,100,117)(H,101,121)(H,102,122)(H,103,125)(H,104,120)(H,105,119)(H,115,116)(H4,91,92,93)/t49-,58-,59-,60-,61-,62-,63-,64-,65-,66-,67-,68-,69-,70-/m0/s1. The number of fused-ring (bicyclic) bond motifs is 4. The van der Waals surface area contributed by atoms with Gasteiger partial charge in [-0.05, 0) is 112 Å². The summed E-state index contributed by atoms with van der Waals surface area (Å²) in [7, 11) is 3.89. The number of rotatable bonds is 25. The molecule has 16 amide bonds. The summed E-state index contributed by atoms with van der Waals surface area (Å²) >= 11 is 0.755. The predicted molar refractivity (Wildman–Crippen MR) is 484 cm³/mol. The number of nitrogens with two attached hydrogens (primary N) is 3. The summed E-state index contributed by atoms with van der Waals surface area (Å²) in [6.45, 7) is 5.94. The Kier molecular flexibility index (Phi) is 39.3. The van der Waals surface area contributed by atoms with Crippen molar-refractivity contribution in [3.05, 3.63) is 102 Å². The minimum Gasteiger partial charge on any atom is -0.508 e. The van der Waals surface area contributed by atoms with E-state index in [1.807, 2.05) is 13.8 Å². The number of aromatic hydroxyl groups is 1. The highest BCUT2D eigenvalue weighted by atomic mass is 32.2. The van der Waals surface area contributed by atoms with Gasteiger partial charge in [-0.3, -0.25) is 86.9 Å². The molecule has 0 saturated carbocycles. The van der Waals surface area contributed by atoms with Crippen LogP contribution in [-0.2, 0) is 101 Å². The van der Waals surface area contributed by atoms with Gasteiger partial charge in [0.05, 0.1) is 25.3 Å². The number of hydrogen-bond acceptors (Lipinski definition) is 22. The largest absolute Gasteiger partial charge is 0.508 e. The highest BCUT2D eigenvalue weighted by Crippen LogP contribution is 2.28. The van der Waals surface area contributed by atoms with Crippen LogP contribution in [0, 0.1) is 11.3 Å². The van der Waals surface area contributed by atoms with Crippen molar-refractivity contribution in [1.82, 2.24) is 93.0 Å². The third-order valence-electron chi connectivity index (χ3n) is 23.5. The molecule has 0 unspecified atom stereocenters. The van der Waals surface area contributed by atoms with E-state index in [1.165, 1.54) is 57.2 Å². The van der Waals surface area contributed by atoms with E-state index in [2.05, 4.69) is 68.5 Å². The lowest BCUT2D eigenvalue weighted by Gasteiger charge is -2.36. The Morgan fingerprint density at radius 1 is 0.534 bits per heavy atom. The summed E-state index contributed by atoms with van der Waals surface area (Å²) in [5, 5.41) is 69.5. The number of phenolic OH excluding ortho intramolecular Hbond substituents is 1. The van der Waals surface area contributed by atoms with E-state index in [-0.39, 0.29) is 108 Å². The van der Waals surface area contributed by atoms with Gasteiger partial charge >= 0.3 is 5.97 Å². The number of H-pyrrole nitrogens is 2. The lowest BCUT2D eigenvalue weighted by atomic mass is 10.00. The molecule has 714 valence electrons. The number of nitrogens with one attached hydrogen (secondary N) is 14. The minimum absolute atomic E-state index is 0.000298. The van der Waals surface area contributed by atoms with E-state index < -0.39 is 229 Å². The number of thioether (sulfide) groups is 1. The number of carboxylic acids is 1. The van der Waals surface area contributed by atoms with Gasteiger partial charge < -0.3 is 125 Å². The monoisotopic (exact) mass is 1840 g/mol. The van der Waals surface area contributed by atoms with E-state index >= 15 is 33.6 Å². The molecule has 8 rings (SSSR count). The van der Waals surface area contributed by atoms with Gasteiger partial charge in [-0.2, -0.15) is 0 Å². The zero-order valence-electron chi connectivity index (χ0n) is 75.1. The van der Waals surface area contributed by atoms with Crippen LogP contribution in [0.1, 0.15) is 141 Å². The molecule has 43 heteroatoms. The molecule has 2 aromatic heterocycles. The number of para-hydroxylation sites is 2. The van der Waals surface area contributed by atoms with Crippen LogP contribution < -0.4 is 75.7 Å². The third kappa shape index (κ3) is 29.0. The smallest absolute Gasteiger partial charge is 0.305 e. The lowest BCUT2D eigenvalue weighted by molar-refractivity contribution is -0.149. The quantitative estimate of drug-likeness (QED) is 0.0166. The molecule has 42 nitrogen and oxygen atoms in total. The van der Waals surface area contributed by atoms with Gasteiger partial charge in [0.15, 0.2) is 5.96 Å². The molecule has 5 aromatic rings. The number of benzene rings is 3. The number of aliphatic hydroxyl groups is 1. The highest BCUT2D eigenvalue weighted by Gasteiger charge is 2.46. The summed E-state index contributed by atoms with van der Waals surface area (Å²) in [6, 6.07) is -1.76. The van der Waals surface area contributed by atoms with Crippen LogP contribution in [0.3, 0.4) is 0 Å². The molecule has 3 aromatic carbocycles. The first-order valence-corrected chi connectivity index (χ1v) is 45.3. The molecular formula is C88H126N22O20S. The summed E-state index contributed by atoms with van der Waals surface area (Å²) < 4.78 is 0. The molecule has 3 aliphatic heterocycles. The number of aliphatic hydroxyl groups excluding tert-OH is 1. The van der Waals surface area contributed by atoms with Gasteiger partial charge in [-0.1, -0.05) is 102 Å². The number of carbonyl (C=O) groups is 17. The first-order valence-electron chi connectivity index (χ1n) is 44.1. The average molecular weight is 1840 g/mol. The van der Waals surface area contributed by atoms with Gasteiger partial charge in [-0.25, -0.2) is 0 Å². The topological polar surface area (TPSA) is 633 Å².